The summed E-state index contributed by atoms with van der Waals surface area (Å²) in [7, 11) is 0. The van der Waals surface area contributed by atoms with E-state index in [1.807, 2.05) is 0 Å². The molecule has 18 heteroatoms. The molecule has 3 aromatic carbocycles. The maximum Gasteiger partial charge on any atom is 0.337 e. The third kappa shape index (κ3) is 10.4. The second-order valence-electron chi connectivity index (χ2n) is 9.61. The number of benzene rings is 3. The first-order valence-electron chi connectivity index (χ1n) is 12.8. The lowest BCUT2D eigenvalue weighted by Gasteiger charge is -2.08. The molecule has 0 spiro atoms. The summed E-state index contributed by atoms with van der Waals surface area (Å²) in [5, 5.41) is 54.2. The molecule has 0 bridgehead atoms. The number of aryl methyl sites for hydroxylation is 4. The summed E-state index contributed by atoms with van der Waals surface area (Å²) in [6.07, 6.45) is 0. The van der Waals surface area contributed by atoms with Crippen LogP contribution in [0.1, 0.15) is 56.8 Å². The van der Waals surface area contributed by atoms with Crippen LogP contribution >= 0.6 is 0 Å². The number of nitrogens with one attached hydrogen (secondary N) is 2. The fraction of sp³-hybridized carbons (Fsp3) is 0.214. The summed E-state index contributed by atoms with van der Waals surface area (Å²) in [5.74, 6) is -3.19. The van der Waals surface area contributed by atoms with Crippen molar-refractivity contribution >= 4 is 57.9 Å². The summed E-state index contributed by atoms with van der Waals surface area (Å²) in [6.45, 7) is 8.92. The number of carboxylic acids is 2. The lowest BCUT2D eigenvalue weighted by molar-refractivity contribution is -0.385. The minimum atomic E-state index is -1.26. The second kappa shape index (κ2) is 15.8. The van der Waals surface area contributed by atoms with Crippen LogP contribution < -0.4 is 16.4 Å². The smallest absolute Gasteiger partial charge is 0.337 e. The van der Waals surface area contributed by atoms with E-state index in [9.17, 15) is 49.5 Å². The number of nitro benzene ring substituents is 3. The number of nitrogens with two attached hydrogens (primary N) is 1. The molecule has 0 aliphatic rings. The number of rotatable bonds is 7. The minimum absolute atomic E-state index is 0.0179. The van der Waals surface area contributed by atoms with Crippen LogP contribution in [-0.2, 0) is 9.59 Å². The van der Waals surface area contributed by atoms with Crippen LogP contribution in [0.3, 0.4) is 0 Å². The summed E-state index contributed by atoms with van der Waals surface area (Å²) in [5.41, 5.74) is 6.86. The summed E-state index contributed by atoms with van der Waals surface area (Å²) >= 11 is 0. The Morgan fingerprint density at radius 3 is 1.33 bits per heavy atom. The van der Waals surface area contributed by atoms with Gasteiger partial charge in [0.15, 0.2) is 0 Å². The number of nitro groups is 3. The first kappa shape index (κ1) is 37.6. The number of aromatic carboxylic acids is 2. The summed E-state index contributed by atoms with van der Waals surface area (Å²) in [6, 6.07) is 7.51. The Bertz CT molecular complexity index is 1710. The highest BCUT2D eigenvalue weighted by Gasteiger charge is 2.20. The van der Waals surface area contributed by atoms with Gasteiger partial charge in [0, 0.05) is 48.7 Å². The number of nitrogens with zero attached hydrogens (tertiary/aromatic N) is 3. The molecule has 0 aromatic heterocycles. The molecule has 0 atom stereocenters. The Morgan fingerprint density at radius 2 is 0.935 bits per heavy atom. The number of hydrogen-bond donors (Lipinski definition) is 5. The van der Waals surface area contributed by atoms with Crippen LogP contribution in [0.25, 0.3) is 0 Å². The number of amides is 2. The fourth-order valence-corrected chi connectivity index (χ4v) is 3.82. The van der Waals surface area contributed by atoms with Crippen LogP contribution in [0.4, 0.5) is 34.1 Å². The van der Waals surface area contributed by atoms with E-state index >= 15 is 0 Å². The van der Waals surface area contributed by atoms with Gasteiger partial charge in [-0.1, -0.05) is 0 Å². The van der Waals surface area contributed by atoms with Gasteiger partial charge >= 0.3 is 11.9 Å². The molecular weight excluding hydrogens is 612 g/mol. The van der Waals surface area contributed by atoms with Crippen molar-refractivity contribution in [2.75, 3.05) is 16.4 Å². The molecule has 0 saturated carbocycles. The van der Waals surface area contributed by atoms with Gasteiger partial charge in [-0.05, 0) is 51.5 Å². The molecule has 46 heavy (non-hydrogen) atoms. The van der Waals surface area contributed by atoms with Crippen LogP contribution in [0.5, 0.6) is 0 Å². The quantitative estimate of drug-likeness (QED) is 0.130. The SMILES string of the molecule is CC(=O)Nc1cc([N+](=O)[O-])c(C)cc1C.CC(=O)Nc1cc([N+](=O)[O-])c(C)cc1C(=O)O.Cc1cc(C(=O)O)c(N)cc1[N+](=O)[O-]. The summed E-state index contributed by atoms with van der Waals surface area (Å²) < 4.78 is 0. The van der Waals surface area contributed by atoms with Crippen molar-refractivity contribution < 1.29 is 44.2 Å². The van der Waals surface area contributed by atoms with Gasteiger partial charge in [-0.2, -0.15) is 0 Å². The molecule has 244 valence electrons. The van der Waals surface area contributed by atoms with E-state index in [2.05, 4.69) is 10.6 Å². The average Bonchev–Trinajstić information content (AvgIpc) is 2.91. The van der Waals surface area contributed by atoms with E-state index in [1.165, 1.54) is 39.8 Å². The predicted octanol–water partition coefficient (Wildman–Crippen LogP) is 4.91. The molecule has 18 nitrogen and oxygen atoms in total. The highest BCUT2D eigenvalue weighted by molar-refractivity contribution is 6.00. The molecule has 0 radical (unpaired) electrons. The standard InChI is InChI=1S/C10H10N2O5.C10H12N2O3.C8H8N2O4/c1-5-3-7(10(14)15)8(11-6(2)13)4-9(5)12(16)17;1-6-4-7(2)10(12(14)15)5-9(6)11-8(3)13;1-4-2-5(8(11)12)6(9)3-7(4)10(13)14/h3-4H,1-2H3,(H,11,13)(H,14,15);4-5H,1-3H3,(H,11,13);2-3H,9H2,1H3,(H,11,12). The first-order valence-corrected chi connectivity index (χ1v) is 12.8. The molecule has 0 unspecified atom stereocenters. The first-order chi connectivity index (χ1) is 21.2. The number of anilines is 3. The van der Waals surface area contributed by atoms with Gasteiger partial charge in [0.2, 0.25) is 11.8 Å². The molecule has 0 aliphatic heterocycles. The van der Waals surface area contributed by atoms with Crippen LogP contribution in [0.2, 0.25) is 0 Å². The van der Waals surface area contributed by atoms with E-state index in [1.54, 1.807) is 19.9 Å². The van der Waals surface area contributed by atoms with E-state index in [0.717, 1.165) is 23.8 Å². The number of nitrogen functional groups attached to an aromatic ring is 1. The molecule has 6 N–H and O–H groups in total. The number of carboxylic acid groups (broad SMARTS) is 2. The number of carbonyl (C=O) groups is 4. The Morgan fingerprint density at radius 1 is 0.587 bits per heavy atom. The van der Waals surface area contributed by atoms with Gasteiger partial charge in [0.05, 0.1) is 43.0 Å². The lowest BCUT2D eigenvalue weighted by atomic mass is 10.1. The molecular formula is C28H30N6O12. The van der Waals surface area contributed by atoms with E-state index in [-0.39, 0.29) is 56.6 Å². The van der Waals surface area contributed by atoms with Crippen LogP contribution in [0.15, 0.2) is 36.4 Å². The second-order valence-corrected chi connectivity index (χ2v) is 9.61. The molecule has 3 rings (SSSR count). The molecule has 0 aliphatic carbocycles. The highest BCUT2D eigenvalue weighted by atomic mass is 16.6. The van der Waals surface area contributed by atoms with Gasteiger partial charge in [0.25, 0.3) is 17.1 Å². The third-order valence-electron chi connectivity index (χ3n) is 5.92. The third-order valence-corrected chi connectivity index (χ3v) is 5.92. The van der Waals surface area contributed by atoms with Gasteiger partial charge in [-0.25, -0.2) is 9.59 Å². The van der Waals surface area contributed by atoms with Crippen molar-refractivity contribution in [1.29, 1.82) is 0 Å². The Kier molecular flexibility index (Phi) is 12.9. The molecule has 2 amide bonds. The Balaban J connectivity index is 0.000000347. The van der Waals surface area contributed by atoms with E-state index in [4.69, 9.17) is 15.9 Å². The largest absolute Gasteiger partial charge is 0.478 e. The Hall–Kier alpha value is -6.46. The van der Waals surface area contributed by atoms with Gasteiger partial charge < -0.3 is 26.6 Å². The minimum Gasteiger partial charge on any atom is -0.478 e. The normalized spacial score (nSPS) is 9.78. The van der Waals surface area contributed by atoms with Crippen molar-refractivity contribution in [3.05, 3.63) is 100 Å². The number of carbonyl (C=O) groups excluding carboxylic acids is 2. The van der Waals surface area contributed by atoms with E-state index < -0.39 is 32.6 Å². The topological polar surface area (TPSA) is 288 Å². The Labute approximate surface area is 260 Å². The van der Waals surface area contributed by atoms with Crippen LogP contribution in [-0.4, -0.2) is 48.7 Å². The van der Waals surface area contributed by atoms with Crippen molar-refractivity contribution in [1.82, 2.24) is 0 Å². The molecule has 0 saturated heterocycles. The maximum absolute atomic E-state index is 10.9. The molecule has 0 heterocycles. The molecule has 0 fully saturated rings. The number of hydrogen-bond acceptors (Lipinski definition) is 11. The van der Waals surface area contributed by atoms with Gasteiger partial charge in [0.1, 0.15) is 0 Å². The highest BCUT2D eigenvalue weighted by Crippen LogP contribution is 2.28. The van der Waals surface area contributed by atoms with Gasteiger partial charge in [-0.3, -0.25) is 39.9 Å². The average molecular weight is 643 g/mol. The summed E-state index contributed by atoms with van der Waals surface area (Å²) in [4.78, 5) is 73.4. The zero-order chi connectivity index (χ0) is 35.6. The van der Waals surface area contributed by atoms with Crippen molar-refractivity contribution in [3.8, 4) is 0 Å². The maximum atomic E-state index is 10.9. The van der Waals surface area contributed by atoms with E-state index in [0.29, 0.717) is 11.3 Å². The fourth-order valence-electron chi connectivity index (χ4n) is 3.82. The lowest BCUT2D eigenvalue weighted by Crippen LogP contribution is -2.11. The van der Waals surface area contributed by atoms with Crippen molar-refractivity contribution in [2.45, 2.75) is 41.5 Å². The predicted molar refractivity (Wildman–Crippen MR) is 165 cm³/mol. The monoisotopic (exact) mass is 642 g/mol. The van der Waals surface area contributed by atoms with Crippen molar-refractivity contribution in [2.24, 2.45) is 0 Å². The molecule has 3 aromatic rings. The van der Waals surface area contributed by atoms with Crippen LogP contribution in [0, 0.1) is 58.0 Å². The van der Waals surface area contributed by atoms with Gasteiger partial charge in [-0.15, -0.1) is 0 Å². The van der Waals surface area contributed by atoms with Crippen molar-refractivity contribution in [3.63, 3.8) is 0 Å². The zero-order valence-electron chi connectivity index (χ0n) is 25.4. The zero-order valence-corrected chi connectivity index (χ0v) is 25.4.